The summed E-state index contributed by atoms with van der Waals surface area (Å²) in [5.74, 6) is 0.885. The number of methoxy groups -OCH3 is 1. The number of hydrogen-bond acceptors (Lipinski definition) is 1. The van der Waals surface area contributed by atoms with Crippen molar-refractivity contribution >= 4 is 21.5 Å². The first-order chi connectivity index (χ1) is 10.8. The van der Waals surface area contributed by atoms with E-state index in [-0.39, 0.29) is 0 Å². The Labute approximate surface area is 129 Å². The predicted molar refractivity (Wildman–Crippen MR) is 93.4 cm³/mol. The molecule has 106 valence electrons. The molecule has 4 aromatic rings. The van der Waals surface area contributed by atoms with Crippen LogP contribution in [0.3, 0.4) is 0 Å². The highest BCUT2D eigenvalue weighted by Gasteiger charge is 2.06. The standard InChI is InChI=1S/C21H16O/c1-22-19-10-4-8-18(13-19)20-11-5-9-17-12-15-6-2-3-7-16(15)14-21(17)20/h2-14H,1H3. The third kappa shape index (κ3) is 2.11. The van der Waals surface area contributed by atoms with Crippen molar-refractivity contribution in [2.45, 2.75) is 0 Å². The Morgan fingerprint density at radius 1 is 0.636 bits per heavy atom. The molecular weight excluding hydrogens is 268 g/mol. The van der Waals surface area contributed by atoms with Gasteiger partial charge in [-0.1, -0.05) is 54.6 Å². The van der Waals surface area contributed by atoms with Gasteiger partial charge >= 0.3 is 0 Å². The van der Waals surface area contributed by atoms with Crippen LogP contribution >= 0.6 is 0 Å². The van der Waals surface area contributed by atoms with Crippen molar-refractivity contribution < 1.29 is 4.74 Å². The molecule has 0 amide bonds. The van der Waals surface area contributed by atoms with Crippen LogP contribution in [-0.2, 0) is 0 Å². The van der Waals surface area contributed by atoms with Crippen LogP contribution in [-0.4, -0.2) is 7.11 Å². The molecule has 1 heteroatoms. The smallest absolute Gasteiger partial charge is 0.119 e. The van der Waals surface area contributed by atoms with Crippen molar-refractivity contribution in [2.75, 3.05) is 7.11 Å². The summed E-state index contributed by atoms with van der Waals surface area (Å²) < 4.78 is 5.36. The molecule has 0 bridgehead atoms. The van der Waals surface area contributed by atoms with Gasteiger partial charge in [-0.3, -0.25) is 0 Å². The summed E-state index contributed by atoms with van der Waals surface area (Å²) >= 11 is 0. The summed E-state index contributed by atoms with van der Waals surface area (Å²) in [7, 11) is 1.70. The van der Waals surface area contributed by atoms with Crippen LogP contribution in [0.1, 0.15) is 0 Å². The van der Waals surface area contributed by atoms with E-state index >= 15 is 0 Å². The molecule has 4 aromatic carbocycles. The minimum absolute atomic E-state index is 0.885. The van der Waals surface area contributed by atoms with Gasteiger partial charge in [0.25, 0.3) is 0 Å². The van der Waals surface area contributed by atoms with Crippen LogP contribution in [0.4, 0.5) is 0 Å². The van der Waals surface area contributed by atoms with Crippen molar-refractivity contribution in [2.24, 2.45) is 0 Å². The molecule has 0 heterocycles. The average Bonchev–Trinajstić information content (AvgIpc) is 2.59. The lowest BCUT2D eigenvalue weighted by atomic mass is 9.95. The van der Waals surface area contributed by atoms with Crippen LogP contribution in [0, 0.1) is 0 Å². The number of fused-ring (bicyclic) bond motifs is 2. The highest BCUT2D eigenvalue weighted by molar-refractivity contribution is 6.04. The SMILES string of the molecule is COc1cccc(-c2cccc3cc4ccccc4cc23)c1. The van der Waals surface area contributed by atoms with Gasteiger partial charge < -0.3 is 4.74 Å². The number of hydrogen-bond donors (Lipinski definition) is 0. The van der Waals surface area contributed by atoms with Gasteiger partial charge in [-0.15, -0.1) is 0 Å². The molecule has 0 N–H and O–H groups in total. The lowest BCUT2D eigenvalue weighted by Crippen LogP contribution is -1.85. The van der Waals surface area contributed by atoms with Crippen LogP contribution < -0.4 is 4.74 Å². The van der Waals surface area contributed by atoms with Crippen molar-refractivity contribution in [1.29, 1.82) is 0 Å². The van der Waals surface area contributed by atoms with Gasteiger partial charge in [0.05, 0.1) is 7.11 Å². The maximum Gasteiger partial charge on any atom is 0.119 e. The van der Waals surface area contributed by atoms with Crippen LogP contribution in [0.15, 0.2) is 78.9 Å². The highest BCUT2D eigenvalue weighted by atomic mass is 16.5. The van der Waals surface area contributed by atoms with E-state index in [0.717, 1.165) is 5.75 Å². The van der Waals surface area contributed by atoms with Gasteiger partial charge in [0.15, 0.2) is 0 Å². The summed E-state index contributed by atoms with van der Waals surface area (Å²) in [6.45, 7) is 0. The molecule has 1 nitrogen and oxygen atoms in total. The van der Waals surface area contributed by atoms with Gasteiger partial charge in [-0.2, -0.15) is 0 Å². The normalized spacial score (nSPS) is 11.0. The fourth-order valence-corrected chi connectivity index (χ4v) is 3.01. The molecule has 4 rings (SSSR count). The summed E-state index contributed by atoms with van der Waals surface area (Å²) in [4.78, 5) is 0. The topological polar surface area (TPSA) is 9.23 Å². The Bertz CT molecular complexity index is 970. The Kier molecular flexibility index (Phi) is 3.05. The zero-order chi connectivity index (χ0) is 14.9. The van der Waals surface area contributed by atoms with E-state index in [9.17, 15) is 0 Å². The first-order valence-electron chi connectivity index (χ1n) is 7.41. The molecule has 0 aliphatic rings. The quantitative estimate of drug-likeness (QED) is 0.431. The summed E-state index contributed by atoms with van der Waals surface area (Å²) in [5, 5.41) is 5.08. The zero-order valence-electron chi connectivity index (χ0n) is 12.4. The fourth-order valence-electron chi connectivity index (χ4n) is 3.01. The molecule has 0 fully saturated rings. The van der Waals surface area contributed by atoms with Gasteiger partial charge in [0, 0.05) is 0 Å². The first kappa shape index (κ1) is 12.9. The van der Waals surface area contributed by atoms with E-state index in [4.69, 9.17) is 4.74 Å². The Morgan fingerprint density at radius 2 is 1.36 bits per heavy atom. The van der Waals surface area contributed by atoms with E-state index < -0.39 is 0 Å². The van der Waals surface area contributed by atoms with E-state index in [0.29, 0.717) is 0 Å². The van der Waals surface area contributed by atoms with Gasteiger partial charge in [0.2, 0.25) is 0 Å². The Morgan fingerprint density at radius 3 is 2.18 bits per heavy atom. The zero-order valence-corrected chi connectivity index (χ0v) is 12.4. The summed E-state index contributed by atoms with van der Waals surface area (Å²) in [5.41, 5.74) is 2.42. The molecule has 0 unspecified atom stereocenters. The third-order valence-corrected chi connectivity index (χ3v) is 4.13. The summed E-state index contributed by atoms with van der Waals surface area (Å²) in [6.07, 6.45) is 0. The van der Waals surface area contributed by atoms with Gasteiger partial charge in [0.1, 0.15) is 5.75 Å². The molecule has 0 radical (unpaired) electrons. The Balaban J connectivity index is 2.02. The van der Waals surface area contributed by atoms with E-state index in [1.54, 1.807) is 7.11 Å². The highest BCUT2D eigenvalue weighted by Crippen LogP contribution is 2.33. The van der Waals surface area contributed by atoms with E-state index in [2.05, 4.69) is 66.7 Å². The largest absolute Gasteiger partial charge is 0.497 e. The third-order valence-electron chi connectivity index (χ3n) is 4.13. The van der Waals surface area contributed by atoms with Crippen molar-refractivity contribution in [3.05, 3.63) is 78.9 Å². The molecular formula is C21H16O. The second-order valence-electron chi connectivity index (χ2n) is 5.46. The average molecular weight is 284 g/mol. The predicted octanol–water partition coefficient (Wildman–Crippen LogP) is 5.67. The minimum atomic E-state index is 0.885. The van der Waals surface area contributed by atoms with Gasteiger partial charge in [-0.25, -0.2) is 0 Å². The lowest BCUT2D eigenvalue weighted by Gasteiger charge is -2.10. The summed E-state index contributed by atoms with van der Waals surface area (Å²) in [6, 6.07) is 27.7. The molecule has 22 heavy (non-hydrogen) atoms. The molecule has 0 saturated heterocycles. The van der Waals surface area contributed by atoms with E-state index in [1.807, 2.05) is 12.1 Å². The maximum atomic E-state index is 5.36. The Hall–Kier alpha value is -2.80. The molecule has 0 aliphatic carbocycles. The van der Waals surface area contributed by atoms with E-state index in [1.165, 1.54) is 32.7 Å². The minimum Gasteiger partial charge on any atom is -0.497 e. The van der Waals surface area contributed by atoms with Crippen LogP contribution in [0.25, 0.3) is 32.7 Å². The second-order valence-corrected chi connectivity index (χ2v) is 5.46. The monoisotopic (exact) mass is 284 g/mol. The first-order valence-corrected chi connectivity index (χ1v) is 7.41. The molecule has 0 aromatic heterocycles. The van der Waals surface area contributed by atoms with Crippen molar-refractivity contribution in [3.63, 3.8) is 0 Å². The molecule has 0 aliphatic heterocycles. The molecule has 0 atom stereocenters. The number of benzene rings is 4. The molecule has 0 saturated carbocycles. The fraction of sp³-hybridized carbons (Fsp3) is 0.0476. The second kappa shape index (κ2) is 5.19. The van der Waals surface area contributed by atoms with Crippen LogP contribution in [0.5, 0.6) is 5.75 Å². The van der Waals surface area contributed by atoms with Gasteiger partial charge in [-0.05, 0) is 56.9 Å². The maximum absolute atomic E-state index is 5.36. The van der Waals surface area contributed by atoms with Crippen molar-refractivity contribution in [1.82, 2.24) is 0 Å². The lowest BCUT2D eigenvalue weighted by molar-refractivity contribution is 0.415. The van der Waals surface area contributed by atoms with Crippen molar-refractivity contribution in [3.8, 4) is 16.9 Å². The number of ether oxygens (including phenoxy) is 1. The number of rotatable bonds is 2. The molecule has 0 spiro atoms. The van der Waals surface area contributed by atoms with Crippen LogP contribution in [0.2, 0.25) is 0 Å².